The normalized spacial score (nSPS) is 10.9. The number of hydrogen-bond acceptors (Lipinski definition) is 1. The smallest absolute Gasteiger partial charge is 0.198 e. The number of halogens is 2. The van der Waals surface area contributed by atoms with E-state index in [9.17, 15) is 9.18 Å². The first-order chi connectivity index (χ1) is 9.59. The number of para-hydroxylation sites is 1. The van der Waals surface area contributed by atoms with Crippen molar-refractivity contribution < 1.29 is 9.18 Å². The van der Waals surface area contributed by atoms with E-state index < -0.39 is 5.82 Å². The third-order valence-corrected chi connectivity index (χ3v) is 3.93. The zero-order valence-electron chi connectivity index (χ0n) is 10.7. The van der Waals surface area contributed by atoms with Crippen molar-refractivity contribution in [3.8, 4) is 0 Å². The summed E-state index contributed by atoms with van der Waals surface area (Å²) in [5, 5.41) is 0.814. The fourth-order valence-corrected chi connectivity index (χ4v) is 2.75. The van der Waals surface area contributed by atoms with Gasteiger partial charge in [0.05, 0.1) is 15.6 Å². The standard InChI is InChI=1S/C16H11BrFNO/c1-9-14(10-5-2-3-8-13(10)19-9)16(20)11-6-4-7-12(17)15(11)18/h2-8,19H,1H3. The third kappa shape index (κ3) is 1.96. The van der Waals surface area contributed by atoms with Crippen LogP contribution in [0.25, 0.3) is 10.9 Å². The summed E-state index contributed by atoms with van der Waals surface area (Å²) in [6, 6.07) is 12.3. The molecule has 0 spiro atoms. The van der Waals surface area contributed by atoms with Gasteiger partial charge in [0.25, 0.3) is 0 Å². The highest BCUT2D eigenvalue weighted by molar-refractivity contribution is 9.10. The molecular weight excluding hydrogens is 321 g/mol. The number of carbonyl (C=O) groups is 1. The molecule has 3 rings (SSSR count). The van der Waals surface area contributed by atoms with Crippen molar-refractivity contribution in [2.45, 2.75) is 6.92 Å². The Bertz CT molecular complexity index is 822. The molecule has 0 aliphatic rings. The maximum Gasteiger partial charge on any atom is 0.198 e. The van der Waals surface area contributed by atoms with Gasteiger partial charge in [-0.1, -0.05) is 24.3 Å². The number of benzene rings is 2. The van der Waals surface area contributed by atoms with Crippen molar-refractivity contribution in [1.82, 2.24) is 4.98 Å². The van der Waals surface area contributed by atoms with E-state index in [0.29, 0.717) is 10.0 Å². The summed E-state index contributed by atoms with van der Waals surface area (Å²) in [5.41, 5.74) is 2.23. The van der Waals surface area contributed by atoms with Gasteiger partial charge in [0.2, 0.25) is 0 Å². The van der Waals surface area contributed by atoms with Crippen LogP contribution in [-0.4, -0.2) is 10.8 Å². The topological polar surface area (TPSA) is 32.9 Å². The lowest BCUT2D eigenvalue weighted by molar-refractivity contribution is 0.103. The number of nitrogens with one attached hydrogen (secondary N) is 1. The highest BCUT2D eigenvalue weighted by Crippen LogP contribution is 2.27. The zero-order valence-corrected chi connectivity index (χ0v) is 12.3. The van der Waals surface area contributed by atoms with E-state index in [4.69, 9.17) is 0 Å². The number of aromatic amines is 1. The van der Waals surface area contributed by atoms with Crippen molar-refractivity contribution in [2.24, 2.45) is 0 Å². The van der Waals surface area contributed by atoms with E-state index in [1.807, 2.05) is 31.2 Å². The number of H-pyrrole nitrogens is 1. The van der Waals surface area contributed by atoms with Gasteiger partial charge >= 0.3 is 0 Å². The SMILES string of the molecule is Cc1[nH]c2ccccc2c1C(=O)c1cccc(Br)c1F. The molecule has 0 fully saturated rings. The maximum absolute atomic E-state index is 14.1. The Labute approximate surface area is 123 Å². The van der Waals surface area contributed by atoms with Crippen LogP contribution in [0, 0.1) is 12.7 Å². The average molecular weight is 332 g/mol. The van der Waals surface area contributed by atoms with Crippen molar-refractivity contribution in [3.05, 3.63) is 69.6 Å². The molecule has 0 amide bonds. The van der Waals surface area contributed by atoms with Crippen LogP contribution in [0.1, 0.15) is 21.6 Å². The Hall–Kier alpha value is -1.94. The Morgan fingerprint density at radius 3 is 2.70 bits per heavy atom. The van der Waals surface area contributed by atoms with Gasteiger partial charge < -0.3 is 4.98 Å². The molecule has 2 aromatic carbocycles. The second-order valence-corrected chi connectivity index (χ2v) is 5.46. The summed E-state index contributed by atoms with van der Waals surface area (Å²) in [5.74, 6) is -0.832. The monoisotopic (exact) mass is 331 g/mol. The predicted molar refractivity (Wildman–Crippen MR) is 80.6 cm³/mol. The summed E-state index contributed by atoms with van der Waals surface area (Å²) < 4.78 is 14.4. The molecule has 1 aromatic heterocycles. The number of ketones is 1. The van der Waals surface area contributed by atoms with E-state index in [1.54, 1.807) is 12.1 Å². The Kier molecular flexibility index (Phi) is 3.18. The Morgan fingerprint density at radius 1 is 1.15 bits per heavy atom. The number of aryl methyl sites for hydroxylation is 1. The van der Waals surface area contributed by atoms with Gasteiger partial charge in [-0.15, -0.1) is 0 Å². The molecule has 2 nitrogen and oxygen atoms in total. The van der Waals surface area contributed by atoms with Gasteiger partial charge in [0, 0.05) is 16.6 Å². The van der Waals surface area contributed by atoms with Gasteiger partial charge in [0.15, 0.2) is 5.78 Å². The lowest BCUT2D eigenvalue weighted by Crippen LogP contribution is -2.05. The molecule has 0 radical (unpaired) electrons. The molecular formula is C16H11BrFNO. The third-order valence-electron chi connectivity index (χ3n) is 3.32. The molecule has 3 aromatic rings. The molecule has 4 heteroatoms. The minimum Gasteiger partial charge on any atom is -0.358 e. The fraction of sp³-hybridized carbons (Fsp3) is 0.0625. The van der Waals surface area contributed by atoms with E-state index in [-0.39, 0.29) is 11.3 Å². The van der Waals surface area contributed by atoms with Gasteiger partial charge in [-0.05, 0) is 41.1 Å². The van der Waals surface area contributed by atoms with Crippen molar-refractivity contribution in [1.29, 1.82) is 0 Å². The van der Waals surface area contributed by atoms with Crippen LogP contribution < -0.4 is 0 Å². The Morgan fingerprint density at radius 2 is 1.90 bits per heavy atom. The molecule has 0 saturated heterocycles. The van der Waals surface area contributed by atoms with Crippen LogP contribution in [0.2, 0.25) is 0 Å². The Balaban J connectivity index is 2.23. The first-order valence-corrected chi connectivity index (χ1v) is 6.95. The molecule has 1 heterocycles. The molecule has 0 aliphatic carbocycles. The summed E-state index contributed by atoms with van der Waals surface area (Å²) >= 11 is 3.11. The molecule has 20 heavy (non-hydrogen) atoms. The predicted octanol–water partition coefficient (Wildman–Crippen LogP) is 4.61. The highest BCUT2D eigenvalue weighted by atomic mass is 79.9. The van der Waals surface area contributed by atoms with E-state index in [1.165, 1.54) is 6.07 Å². The molecule has 1 N–H and O–H groups in total. The minimum absolute atomic E-state index is 0.0761. The first-order valence-electron chi connectivity index (χ1n) is 6.15. The molecule has 0 unspecified atom stereocenters. The number of rotatable bonds is 2. The van der Waals surface area contributed by atoms with E-state index in [0.717, 1.165) is 16.6 Å². The molecule has 0 atom stereocenters. The van der Waals surface area contributed by atoms with Crippen molar-refractivity contribution in [2.75, 3.05) is 0 Å². The van der Waals surface area contributed by atoms with Crippen molar-refractivity contribution >= 4 is 32.6 Å². The number of hydrogen-bond donors (Lipinski definition) is 1. The second-order valence-electron chi connectivity index (χ2n) is 4.60. The summed E-state index contributed by atoms with van der Waals surface area (Å²) in [6.45, 7) is 1.82. The highest BCUT2D eigenvalue weighted by Gasteiger charge is 2.21. The van der Waals surface area contributed by atoms with Crippen LogP contribution in [0.5, 0.6) is 0 Å². The average Bonchev–Trinajstić information content (AvgIpc) is 2.77. The second kappa shape index (κ2) is 4.87. The molecule has 0 saturated carbocycles. The first kappa shape index (κ1) is 13.1. The van der Waals surface area contributed by atoms with Crippen LogP contribution in [0.3, 0.4) is 0 Å². The molecule has 100 valence electrons. The number of fused-ring (bicyclic) bond motifs is 1. The van der Waals surface area contributed by atoms with Crippen LogP contribution in [-0.2, 0) is 0 Å². The fourth-order valence-electron chi connectivity index (χ4n) is 2.38. The van der Waals surface area contributed by atoms with Crippen LogP contribution in [0.4, 0.5) is 4.39 Å². The molecule has 0 aliphatic heterocycles. The van der Waals surface area contributed by atoms with Crippen LogP contribution in [0.15, 0.2) is 46.9 Å². The summed E-state index contributed by atoms with van der Waals surface area (Å²) in [4.78, 5) is 15.8. The number of carbonyl (C=O) groups excluding carboxylic acids is 1. The van der Waals surface area contributed by atoms with Gasteiger partial charge in [-0.25, -0.2) is 4.39 Å². The van der Waals surface area contributed by atoms with E-state index >= 15 is 0 Å². The number of aromatic nitrogens is 1. The van der Waals surface area contributed by atoms with Gasteiger partial charge in [-0.2, -0.15) is 0 Å². The van der Waals surface area contributed by atoms with Crippen molar-refractivity contribution in [3.63, 3.8) is 0 Å². The zero-order chi connectivity index (χ0) is 14.3. The lowest BCUT2D eigenvalue weighted by atomic mass is 10.00. The summed E-state index contributed by atoms with van der Waals surface area (Å²) in [7, 11) is 0. The largest absolute Gasteiger partial charge is 0.358 e. The maximum atomic E-state index is 14.1. The lowest BCUT2D eigenvalue weighted by Gasteiger charge is -2.04. The van der Waals surface area contributed by atoms with Gasteiger partial charge in [-0.3, -0.25) is 4.79 Å². The van der Waals surface area contributed by atoms with E-state index in [2.05, 4.69) is 20.9 Å². The minimum atomic E-state index is -0.526. The molecule has 0 bridgehead atoms. The quantitative estimate of drug-likeness (QED) is 0.683. The van der Waals surface area contributed by atoms with Gasteiger partial charge in [0.1, 0.15) is 5.82 Å². The van der Waals surface area contributed by atoms with Crippen LogP contribution >= 0.6 is 15.9 Å². The summed E-state index contributed by atoms with van der Waals surface area (Å²) in [6.07, 6.45) is 0.